The Morgan fingerprint density at radius 2 is 1.88 bits per heavy atom. The molecule has 1 aromatic rings. The third-order valence-electron chi connectivity index (χ3n) is 9.22. The van der Waals surface area contributed by atoms with Gasteiger partial charge in [-0.05, 0) is 64.0 Å². The molecule has 0 spiro atoms. The third kappa shape index (κ3) is 7.55. The van der Waals surface area contributed by atoms with Gasteiger partial charge in [0.2, 0.25) is 24.4 Å². The summed E-state index contributed by atoms with van der Waals surface area (Å²) in [5.41, 5.74) is 0.371. The molecule has 3 aliphatic rings. The molecule has 0 bridgehead atoms. The van der Waals surface area contributed by atoms with Crippen LogP contribution in [-0.4, -0.2) is 122 Å². The van der Waals surface area contributed by atoms with E-state index in [1.807, 2.05) is 54.8 Å². The van der Waals surface area contributed by atoms with E-state index in [1.165, 1.54) is 0 Å². The average molecular weight is 603 g/mol. The molecule has 2 amide bonds. The average Bonchev–Trinajstić information content (AvgIpc) is 3.64. The highest BCUT2D eigenvalue weighted by atomic mass is 16.7. The first-order chi connectivity index (χ1) is 20.5. The van der Waals surface area contributed by atoms with E-state index in [-0.39, 0.29) is 25.2 Å². The van der Waals surface area contributed by atoms with E-state index in [1.54, 1.807) is 7.11 Å². The van der Waals surface area contributed by atoms with E-state index in [0.29, 0.717) is 56.4 Å². The fourth-order valence-electron chi connectivity index (χ4n) is 6.67. The van der Waals surface area contributed by atoms with Crippen molar-refractivity contribution < 1.29 is 33.7 Å². The van der Waals surface area contributed by atoms with Gasteiger partial charge in [-0.25, -0.2) is 0 Å². The van der Waals surface area contributed by atoms with Gasteiger partial charge < -0.3 is 34.0 Å². The number of carboxylic acid groups (broad SMARTS) is 1. The molecular weight excluding hydrogens is 552 g/mol. The summed E-state index contributed by atoms with van der Waals surface area (Å²) in [6.45, 7) is 10.00. The minimum atomic E-state index is -0.913. The van der Waals surface area contributed by atoms with Crippen molar-refractivity contribution in [1.29, 1.82) is 0 Å². The van der Waals surface area contributed by atoms with Crippen molar-refractivity contribution in [3.63, 3.8) is 0 Å². The lowest BCUT2D eigenvalue weighted by Crippen LogP contribution is -2.46. The Kier molecular flexibility index (Phi) is 10.8. The summed E-state index contributed by atoms with van der Waals surface area (Å²) in [6, 6.07) is 3.25. The molecule has 0 aliphatic carbocycles. The summed E-state index contributed by atoms with van der Waals surface area (Å²) < 4.78 is 16.8. The van der Waals surface area contributed by atoms with Crippen LogP contribution >= 0.6 is 0 Å². The Morgan fingerprint density at radius 3 is 2.51 bits per heavy atom. The van der Waals surface area contributed by atoms with Crippen molar-refractivity contribution in [2.45, 2.75) is 64.8 Å². The molecule has 3 aliphatic heterocycles. The van der Waals surface area contributed by atoms with Crippen molar-refractivity contribution >= 4 is 17.8 Å². The lowest BCUT2D eigenvalue weighted by Gasteiger charge is -2.31. The lowest BCUT2D eigenvalue weighted by atomic mass is 9.84. The summed E-state index contributed by atoms with van der Waals surface area (Å²) in [4.78, 5) is 47.7. The monoisotopic (exact) mass is 602 g/mol. The number of ether oxygens (including phenoxy) is 3. The Bertz CT molecular complexity index is 1160. The first-order valence-corrected chi connectivity index (χ1v) is 15.6. The highest BCUT2D eigenvalue weighted by Gasteiger charge is 2.48. The summed E-state index contributed by atoms with van der Waals surface area (Å²) in [7, 11) is 5.60. The van der Waals surface area contributed by atoms with E-state index in [0.717, 1.165) is 37.8 Å². The smallest absolute Gasteiger partial charge is 0.308 e. The molecule has 3 heterocycles. The molecule has 2 saturated heterocycles. The molecule has 2 fully saturated rings. The maximum absolute atomic E-state index is 13.8. The van der Waals surface area contributed by atoms with Crippen molar-refractivity contribution in [3.8, 4) is 17.2 Å². The van der Waals surface area contributed by atoms with Crippen molar-refractivity contribution in [3.05, 3.63) is 17.7 Å². The Hall–Kier alpha value is -3.05. The van der Waals surface area contributed by atoms with E-state index in [2.05, 4.69) is 11.8 Å². The van der Waals surface area contributed by atoms with Crippen LogP contribution in [0.3, 0.4) is 0 Å². The van der Waals surface area contributed by atoms with Crippen LogP contribution < -0.4 is 14.2 Å². The molecular formula is C32H50N4O7. The Morgan fingerprint density at radius 1 is 1.14 bits per heavy atom. The fraction of sp³-hybridized carbons (Fsp3) is 0.719. The van der Waals surface area contributed by atoms with E-state index in [4.69, 9.17) is 14.2 Å². The number of carbonyl (C=O) groups excluding carboxylic acids is 2. The van der Waals surface area contributed by atoms with Crippen LogP contribution in [-0.2, 0) is 14.4 Å². The molecule has 11 heteroatoms. The number of fused-ring (bicyclic) bond motifs is 1. The molecule has 3 atom stereocenters. The maximum Gasteiger partial charge on any atom is 0.308 e. The number of hydrogen-bond donors (Lipinski definition) is 1. The van der Waals surface area contributed by atoms with Gasteiger partial charge in [0.15, 0.2) is 11.5 Å². The van der Waals surface area contributed by atoms with Crippen LogP contribution in [0.4, 0.5) is 0 Å². The van der Waals surface area contributed by atoms with E-state index in [9.17, 15) is 19.5 Å². The molecule has 11 nitrogen and oxygen atoms in total. The topological polar surface area (TPSA) is 112 Å². The number of benzene rings is 1. The second-order valence-electron chi connectivity index (χ2n) is 13.0. The molecule has 0 saturated carbocycles. The van der Waals surface area contributed by atoms with Crippen LogP contribution in [0.25, 0.3) is 0 Å². The summed E-state index contributed by atoms with van der Waals surface area (Å²) >= 11 is 0. The van der Waals surface area contributed by atoms with Gasteiger partial charge in [-0.2, -0.15) is 0 Å². The first kappa shape index (κ1) is 32.9. The van der Waals surface area contributed by atoms with Crippen LogP contribution in [0.15, 0.2) is 12.1 Å². The van der Waals surface area contributed by atoms with Gasteiger partial charge in [0.1, 0.15) is 0 Å². The number of amides is 2. The SMILES string of the molecule is CCCCN(CCCN(C)C)C(=O)CN1CC(c2cc(OC)c3c(c2)OCO3)C(C(=O)O)C1CCN1CCC(C)(C)C1=O. The van der Waals surface area contributed by atoms with Gasteiger partial charge in [0, 0.05) is 50.1 Å². The maximum atomic E-state index is 13.8. The molecule has 0 aromatic heterocycles. The van der Waals surface area contributed by atoms with Gasteiger partial charge in [0.25, 0.3) is 0 Å². The molecule has 1 N–H and O–H groups in total. The van der Waals surface area contributed by atoms with Crippen LogP contribution in [0.5, 0.6) is 17.2 Å². The summed E-state index contributed by atoms with van der Waals surface area (Å²) in [6.07, 6.45) is 4.02. The quantitative estimate of drug-likeness (QED) is 0.324. The zero-order valence-electron chi connectivity index (χ0n) is 26.8. The lowest BCUT2D eigenvalue weighted by molar-refractivity contribution is -0.144. The molecule has 3 unspecified atom stereocenters. The van der Waals surface area contributed by atoms with Crippen LogP contribution in [0, 0.1) is 11.3 Å². The predicted molar refractivity (Wildman–Crippen MR) is 163 cm³/mol. The van der Waals surface area contributed by atoms with Gasteiger partial charge in [0.05, 0.1) is 19.6 Å². The predicted octanol–water partition coefficient (Wildman–Crippen LogP) is 3.12. The van der Waals surface area contributed by atoms with Crippen LogP contribution in [0.2, 0.25) is 0 Å². The Labute approximate surface area is 256 Å². The second kappa shape index (κ2) is 14.2. The number of methoxy groups -OCH3 is 1. The number of carbonyl (C=O) groups is 3. The number of nitrogens with zero attached hydrogens (tertiary/aromatic N) is 4. The first-order valence-electron chi connectivity index (χ1n) is 15.6. The molecule has 43 heavy (non-hydrogen) atoms. The highest BCUT2D eigenvalue weighted by molar-refractivity contribution is 5.84. The van der Waals surface area contributed by atoms with E-state index >= 15 is 0 Å². The third-order valence-corrected chi connectivity index (χ3v) is 9.22. The number of carboxylic acids is 1. The number of likely N-dealkylation sites (tertiary alicyclic amines) is 2. The standard InChI is InChI=1S/C32H50N4O7/c1-7-8-13-34(14-9-12-33(4)5)27(37)20-36-19-23(22-17-25(41-6)29-26(18-22)42-21-43-29)28(30(38)39)24(36)10-15-35-16-11-32(2,3)31(35)40/h17-18,23-24,28H,7-16,19-21H2,1-6H3,(H,38,39). The largest absolute Gasteiger partial charge is 0.493 e. The van der Waals surface area contributed by atoms with Crippen molar-refractivity contribution in [2.24, 2.45) is 11.3 Å². The number of aliphatic carboxylic acids is 1. The minimum absolute atomic E-state index is 0.0173. The Balaban J connectivity index is 1.61. The zero-order valence-corrected chi connectivity index (χ0v) is 26.8. The number of unbranched alkanes of at least 4 members (excludes halogenated alkanes) is 1. The summed E-state index contributed by atoms with van der Waals surface area (Å²) in [5.74, 6) is -0.434. The molecule has 0 radical (unpaired) electrons. The van der Waals surface area contributed by atoms with Crippen molar-refractivity contribution in [2.75, 3.05) is 73.8 Å². The summed E-state index contributed by atoms with van der Waals surface area (Å²) in [5, 5.41) is 10.6. The fourth-order valence-corrected chi connectivity index (χ4v) is 6.67. The molecule has 1 aromatic carbocycles. The van der Waals surface area contributed by atoms with Gasteiger partial charge in [-0.1, -0.05) is 27.2 Å². The van der Waals surface area contributed by atoms with Crippen LogP contribution in [0.1, 0.15) is 64.4 Å². The number of rotatable bonds is 15. The van der Waals surface area contributed by atoms with Gasteiger partial charge in [-0.3, -0.25) is 19.3 Å². The molecule has 240 valence electrons. The normalized spacial score (nSPS) is 22.9. The van der Waals surface area contributed by atoms with Gasteiger partial charge >= 0.3 is 5.97 Å². The second-order valence-corrected chi connectivity index (χ2v) is 13.0. The van der Waals surface area contributed by atoms with Crippen molar-refractivity contribution in [1.82, 2.24) is 19.6 Å². The van der Waals surface area contributed by atoms with Gasteiger partial charge in [-0.15, -0.1) is 0 Å². The number of hydrogen-bond acceptors (Lipinski definition) is 8. The molecule has 4 rings (SSSR count). The minimum Gasteiger partial charge on any atom is -0.493 e. The zero-order chi connectivity index (χ0) is 31.3. The highest BCUT2D eigenvalue weighted by Crippen LogP contribution is 2.47. The van der Waals surface area contributed by atoms with E-state index < -0.39 is 29.3 Å².